The molecule has 0 spiro atoms. The normalized spacial score (nSPS) is 14.8. The summed E-state index contributed by atoms with van der Waals surface area (Å²) in [5, 5.41) is 12.5. The smallest absolute Gasteiger partial charge is 0.244 e. The largest absolute Gasteiger partial charge is 0.504 e. The molecule has 1 aliphatic rings. The van der Waals surface area contributed by atoms with E-state index in [9.17, 15) is 14.7 Å². The summed E-state index contributed by atoms with van der Waals surface area (Å²) >= 11 is 11.5. The molecule has 0 bridgehead atoms. The van der Waals surface area contributed by atoms with Crippen molar-refractivity contribution >= 4 is 40.7 Å². The molecule has 1 heterocycles. The van der Waals surface area contributed by atoms with Gasteiger partial charge in [0.1, 0.15) is 0 Å². The SMILES string of the molecule is O=C(CN1CCCC1=O)Nc1cc(Cl)cc(Cl)c1O. The van der Waals surface area contributed by atoms with Crippen LogP contribution in [0.5, 0.6) is 5.75 Å². The first-order valence-electron chi connectivity index (χ1n) is 5.73. The number of rotatable bonds is 3. The third-order valence-electron chi connectivity index (χ3n) is 2.81. The number of carbonyl (C=O) groups is 2. The maximum absolute atomic E-state index is 11.8. The van der Waals surface area contributed by atoms with Crippen molar-refractivity contribution in [2.24, 2.45) is 0 Å². The average Bonchev–Trinajstić information content (AvgIpc) is 2.71. The molecule has 1 aliphatic heterocycles. The summed E-state index contributed by atoms with van der Waals surface area (Å²) in [5.74, 6) is -0.681. The predicted molar refractivity (Wildman–Crippen MR) is 72.6 cm³/mol. The minimum absolute atomic E-state index is 0.0384. The van der Waals surface area contributed by atoms with E-state index in [4.69, 9.17) is 23.2 Å². The van der Waals surface area contributed by atoms with E-state index < -0.39 is 5.91 Å². The Morgan fingerprint density at radius 1 is 1.42 bits per heavy atom. The molecule has 1 aromatic rings. The van der Waals surface area contributed by atoms with Gasteiger partial charge < -0.3 is 15.3 Å². The Labute approximate surface area is 120 Å². The highest BCUT2D eigenvalue weighted by molar-refractivity contribution is 6.36. The summed E-state index contributed by atoms with van der Waals surface area (Å²) in [6.45, 7) is 0.539. The average molecular weight is 303 g/mol. The molecular formula is C12H12Cl2N2O3. The summed E-state index contributed by atoms with van der Waals surface area (Å²) in [5.41, 5.74) is 0.133. The Bertz CT molecular complexity index is 534. The minimum Gasteiger partial charge on any atom is -0.504 e. The molecule has 0 radical (unpaired) electrons. The van der Waals surface area contributed by atoms with E-state index in [1.807, 2.05) is 0 Å². The Morgan fingerprint density at radius 3 is 2.79 bits per heavy atom. The van der Waals surface area contributed by atoms with Crippen molar-refractivity contribution in [3.05, 3.63) is 22.2 Å². The number of amides is 2. The van der Waals surface area contributed by atoms with E-state index in [0.717, 1.165) is 6.42 Å². The van der Waals surface area contributed by atoms with E-state index in [1.165, 1.54) is 17.0 Å². The van der Waals surface area contributed by atoms with Crippen LogP contribution < -0.4 is 5.32 Å². The van der Waals surface area contributed by atoms with Gasteiger partial charge in [-0.25, -0.2) is 0 Å². The van der Waals surface area contributed by atoms with Crippen LogP contribution in [0.25, 0.3) is 0 Å². The van der Waals surface area contributed by atoms with Crippen LogP contribution in [-0.2, 0) is 9.59 Å². The number of anilines is 1. The number of carbonyl (C=O) groups excluding carboxylic acids is 2. The highest BCUT2D eigenvalue weighted by Gasteiger charge is 2.22. The molecule has 2 rings (SSSR count). The molecule has 0 atom stereocenters. The third kappa shape index (κ3) is 3.30. The van der Waals surface area contributed by atoms with Crippen molar-refractivity contribution in [1.82, 2.24) is 4.90 Å². The molecule has 2 amide bonds. The van der Waals surface area contributed by atoms with Gasteiger partial charge in [0.15, 0.2) is 5.75 Å². The van der Waals surface area contributed by atoms with Gasteiger partial charge in [-0.2, -0.15) is 0 Å². The van der Waals surface area contributed by atoms with Gasteiger partial charge in [0.05, 0.1) is 17.3 Å². The summed E-state index contributed by atoms with van der Waals surface area (Å²) in [4.78, 5) is 24.6. The van der Waals surface area contributed by atoms with Gasteiger partial charge in [-0.3, -0.25) is 9.59 Å². The van der Waals surface area contributed by atoms with Crippen LogP contribution in [0.4, 0.5) is 5.69 Å². The number of phenols is 1. The fraction of sp³-hybridized carbons (Fsp3) is 0.333. The number of likely N-dealkylation sites (tertiary alicyclic amines) is 1. The number of benzene rings is 1. The van der Waals surface area contributed by atoms with Crippen LogP contribution in [0.2, 0.25) is 10.0 Å². The Balaban J connectivity index is 2.05. The number of phenolic OH excluding ortho intramolecular Hbond substituents is 1. The topological polar surface area (TPSA) is 69.6 Å². The number of hydrogen-bond donors (Lipinski definition) is 2. The zero-order valence-corrected chi connectivity index (χ0v) is 11.5. The van der Waals surface area contributed by atoms with Gasteiger partial charge in [0.2, 0.25) is 11.8 Å². The molecule has 19 heavy (non-hydrogen) atoms. The predicted octanol–water partition coefficient (Wildman–Crippen LogP) is 2.26. The first-order valence-corrected chi connectivity index (χ1v) is 6.48. The van der Waals surface area contributed by atoms with Crippen LogP contribution in [-0.4, -0.2) is 34.9 Å². The second-order valence-corrected chi connectivity index (χ2v) is 5.09. The zero-order chi connectivity index (χ0) is 14.0. The van der Waals surface area contributed by atoms with E-state index in [-0.39, 0.29) is 28.9 Å². The summed E-state index contributed by atoms with van der Waals surface area (Å²) in [6, 6.07) is 2.77. The van der Waals surface area contributed by atoms with Gasteiger partial charge in [-0.1, -0.05) is 23.2 Å². The summed E-state index contributed by atoms with van der Waals surface area (Å²) < 4.78 is 0. The number of nitrogens with one attached hydrogen (secondary N) is 1. The van der Waals surface area contributed by atoms with Crippen LogP contribution in [0, 0.1) is 0 Å². The maximum atomic E-state index is 11.8. The molecule has 1 saturated heterocycles. The van der Waals surface area contributed by atoms with Crippen molar-refractivity contribution < 1.29 is 14.7 Å². The molecule has 102 valence electrons. The van der Waals surface area contributed by atoms with Gasteiger partial charge in [-0.15, -0.1) is 0 Å². The first-order chi connectivity index (χ1) is 8.97. The highest BCUT2D eigenvalue weighted by atomic mass is 35.5. The zero-order valence-electron chi connectivity index (χ0n) is 9.95. The number of aromatic hydroxyl groups is 1. The van der Waals surface area contributed by atoms with Crippen molar-refractivity contribution in [2.45, 2.75) is 12.8 Å². The Morgan fingerprint density at radius 2 is 2.16 bits per heavy atom. The highest BCUT2D eigenvalue weighted by Crippen LogP contribution is 2.34. The third-order valence-corrected chi connectivity index (χ3v) is 3.31. The number of nitrogens with zero attached hydrogens (tertiary/aromatic N) is 1. The number of hydrogen-bond acceptors (Lipinski definition) is 3. The lowest BCUT2D eigenvalue weighted by atomic mass is 10.3. The molecule has 7 heteroatoms. The van der Waals surface area contributed by atoms with Crippen LogP contribution in [0.1, 0.15) is 12.8 Å². The summed E-state index contributed by atoms with van der Waals surface area (Å²) in [6.07, 6.45) is 1.24. The molecule has 0 aromatic heterocycles. The summed E-state index contributed by atoms with van der Waals surface area (Å²) in [7, 11) is 0. The maximum Gasteiger partial charge on any atom is 0.244 e. The molecule has 1 aromatic carbocycles. The monoisotopic (exact) mass is 302 g/mol. The van der Waals surface area contributed by atoms with E-state index in [1.54, 1.807) is 0 Å². The molecule has 0 aliphatic carbocycles. The molecule has 0 saturated carbocycles. The van der Waals surface area contributed by atoms with Crippen molar-refractivity contribution in [3.8, 4) is 5.75 Å². The molecular weight excluding hydrogens is 291 g/mol. The van der Waals surface area contributed by atoms with Gasteiger partial charge in [0, 0.05) is 18.0 Å². The Kier molecular flexibility index (Phi) is 4.17. The van der Waals surface area contributed by atoms with Crippen LogP contribution in [0.15, 0.2) is 12.1 Å². The second kappa shape index (κ2) is 5.67. The lowest BCUT2D eigenvalue weighted by Gasteiger charge is -2.15. The van der Waals surface area contributed by atoms with Crippen molar-refractivity contribution in [3.63, 3.8) is 0 Å². The second-order valence-electron chi connectivity index (χ2n) is 4.25. The standard InChI is InChI=1S/C12H12Cl2N2O3/c13-7-4-8(14)12(19)9(5-7)15-10(17)6-16-3-1-2-11(16)18/h4-5,19H,1-3,6H2,(H,15,17). The van der Waals surface area contributed by atoms with Crippen LogP contribution in [0.3, 0.4) is 0 Å². The Hall–Kier alpha value is -1.46. The molecule has 1 fully saturated rings. The first kappa shape index (κ1) is 14.0. The quantitative estimate of drug-likeness (QED) is 0.842. The van der Waals surface area contributed by atoms with E-state index in [2.05, 4.69) is 5.32 Å². The van der Waals surface area contributed by atoms with Gasteiger partial charge >= 0.3 is 0 Å². The van der Waals surface area contributed by atoms with Crippen molar-refractivity contribution in [2.75, 3.05) is 18.4 Å². The lowest BCUT2D eigenvalue weighted by Crippen LogP contribution is -2.33. The van der Waals surface area contributed by atoms with Gasteiger partial charge in [0.25, 0.3) is 0 Å². The molecule has 0 unspecified atom stereocenters. The van der Waals surface area contributed by atoms with Gasteiger partial charge in [-0.05, 0) is 18.6 Å². The molecule has 5 nitrogen and oxygen atoms in total. The van der Waals surface area contributed by atoms with E-state index >= 15 is 0 Å². The number of halogens is 2. The van der Waals surface area contributed by atoms with E-state index in [0.29, 0.717) is 18.0 Å². The van der Waals surface area contributed by atoms with Crippen LogP contribution >= 0.6 is 23.2 Å². The fourth-order valence-electron chi connectivity index (χ4n) is 1.90. The molecule has 2 N–H and O–H groups in total. The van der Waals surface area contributed by atoms with Crippen molar-refractivity contribution in [1.29, 1.82) is 0 Å². The minimum atomic E-state index is -0.399. The lowest BCUT2D eigenvalue weighted by molar-refractivity contribution is -0.131. The fourth-order valence-corrected chi connectivity index (χ4v) is 2.39.